The number of hydrogen-bond donors (Lipinski definition) is 1. The van der Waals surface area contributed by atoms with Crippen molar-refractivity contribution in [2.75, 3.05) is 20.3 Å². The van der Waals surface area contributed by atoms with Crippen LogP contribution in [-0.4, -0.2) is 48.4 Å². The number of carbonyl (C=O) groups excluding carboxylic acids is 1. The molecule has 9 heteroatoms. The van der Waals surface area contributed by atoms with E-state index >= 15 is 0 Å². The van der Waals surface area contributed by atoms with Crippen LogP contribution in [0, 0.1) is 0 Å². The summed E-state index contributed by atoms with van der Waals surface area (Å²) in [6.45, 7) is 1.18. The van der Waals surface area contributed by atoms with Gasteiger partial charge in [-0.2, -0.15) is 0 Å². The average molecular weight is 475 g/mol. The molecule has 1 saturated heterocycles. The molecule has 3 aliphatic rings. The van der Waals surface area contributed by atoms with Gasteiger partial charge in [-0.05, 0) is 46.8 Å². The molecule has 0 atom stereocenters. The maximum absolute atomic E-state index is 11.9. The van der Waals surface area contributed by atoms with Gasteiger partial charge in [0.1, 0.15) is 11.4 Å². The molecule has 0 unspecified atom stereocenters. The largest absolute Gasteiger partial charge is 0.497 e. The van der Waals surface area contributed by atoms with Crippen LogP contribution < -0.4 is 4.74 Å². The fourth-order valence-corrected chi connectivity index (χ4v) is 5.02. The van der Waals surface area contributed by atoms with Crippen molar-refractivity contribution in [3.63, 3.8) is 0 Å². The monoisotopic (exact) mass is 474 g/mol. The topological polar surface area (TPSA) is 126 Å². The van der Waals surface area contributed by atoms with Gasteiger partial charge in [-0.25, -0.2) is 0 Å². The van der Waals surface area contributed by atoms with Crippen LogP contribution >= 0.6 is 0 Å². The number of azide groups is 1. The molecule has 1 saturated carbocycles. The van der Waals surface area contributed by atoms with Crippen LogP contribution in [0.3, 0.4) is 0 Å². The first-order chi connectivity index (χ1) is 17.0. The van der Waals surface area contributed by atoms with E-state index in [1.54, 1.807) is 31.4 Å². The van der Waals surface area contributed by atoms with Gasteiger partial charge in [-0.15, -0.1) is 0 Å². The molecule has 9 nitrogen and oxygen atoms in total. The summed E-state index contributed by atoms with van der Waals surface area (Å²) in [5, 5.41) is 14.8. The highest BCUT2D eigenvalue weighted by atomic mass is 16.7. The number of nitrogens with zero attached hydrogens (tertiary/aromatic N) is 4. The van der Waals surface area contributed by atoms with Crippen LogP contribution in [0.4, 0.5) is 0 Å². The zero-order valence-corrected chi connectivity index (χ0v) is 19.4. The van der Waals surface area contributed by atoms with Crippen LogP contribution in [0.25, 0.3) is 21.7 Å². The highest BCUT2D eigenvalue weighted by Gasteiger charge is 2.48. The third-order valence-corrected chi connectivity index (χ3v) is 7.05. The molecular weight excluding hydrogens is 448 g/mol. The molecule has 1 N–H and O–H groups in total. The van der Waals surface area contributed by atoms with Crippen LogP contribution in [-0.2, 0) is 9.47 Å². The zero-order chi connectivity index (χ0) is 24.5. The maximum Gasteiger partial charge on any atom is 0.249 e. The van der Waals surface area contributed by atoms with Gasteiger partial charge in [0, 0.05) is 35.3 Å². The zero-order valence-electron chi connectivity index (χ0n) is 19.4. The van der Waals surface area contributed by atoms with E-state index in [0.29, 0.717) is 50.9 Å². The summed E-state index contributed by atoms with van der Waals surface area (Å²) in [7, 11) is 1.62. The second kappa shape index (κ2) is 9.28. The summed E-state index contributed by atoms with van der Waals surface area (Å²) in [5.41, 5.74) is 12.0. The Labute approximate surface area is 202 Å². The lowest BCUT2D eigenvalue weighted by Gasteiger charge is -2.40. The van der Waals surface area contributed by atoms with E-state index < -0.39 is 17.3 Å². The molecule has 35 heavy (non-hydrogen) atoms. The molecule has 2 aliphatic heterocycles. The Morgan fingerprint density at radius 1 is 1.03 bits per heavy atom. The van der Waals surface area contributed by atoms with Gasteiger partial charge in [-0.1, -0.05) is 36.4 Å². The second-order valence-corrected chi connectivity index (χ2v) is 9.00. The molecule has 1 aliphatic carbocycles. The van der Waals surface area contributed by atoms with Crippen molar-refractivity contribution in [1.82, 2.24) is 0 Å². The quantitative estimate of drug-likeness (QED) is 0.374. The summed E-state index contributed by atoms with van der Waals surface area (Å²) >= 11 is 0. The summed E-state index contributed by atoms with van der Waals surface area (Å²) in [6.07, 6.45) is 2.76. The van der Waals surface area contributed by atoms with E-state index in [-0.39, 0.29) is 0 Å². The number of aliphatic imine (C=N–C) groups is 1. The third kappa shape index (κ3) is 4.47. The highest BCUT2D eigenvalue weighted by Crippen LogP contribution is 2.45. The summed E-state index contributed by atoms with van der Waals surface area (Å²) in [6, 6.07) is 14.6. The lowest BCUT2D eigenvalue weighted by atomic mass is 9.77. The normalized spacial score (nSPS) is 20.5. The predicted octanol–water partition coefficient (Wildman–Crippen LogP) is 4.91. The van der Waals surface area contributed by atoms with E-state index in [2.05, 4.69) is 10.0 Å². The number of ether oxygens (including phenoxy) is 3. The van der Waals surface area contributed by atoms with Crippen molar-refractivity contribution in [2.24, 2.45) is 10.1 Å². The van der Waals surface area contributed by atoms with Crippen molar-refractivity contribution in [2.45, 2.75) is 43.5 Å². The molecule has 0 radical (unpaired) electrons. The van der Waals surface area contributed by atoms with Crippen molar-refractivity contribution in [1.29, 1.82) is 0 Å². The molecule has 2 aromatic rings. The van der Waals surface area contributed by atoms with Gasteiger partial charge < -0.3 is 19.3 Å². The van der Waals surface area contributed by atoms with E-state index in [4.69, 9.17) is 24.7 Å². The molecule has 180 valence electrons. The lowest BCUT2D eigenvalue weighted by Crippen LogP contribution is -2.48. The van der Waals surface area contributed by atoms with Crippen molar-refractivity contribution >= 4 is 22.9 Å². The van der Waals surface area contributed by atoms with E-state index in [0.717, 1.165) is 33.9 Å². The van der Waals surface area contributed by atoms with Gasteiger partial charge in [-0.3, -0.25) is 9.79 Å². The van der Waals surface area contributed by atoms with Crippen LogP contribution in [0.2, 0.25) is 0 Å². The molecule has 2 fully saturated rings. The molecule has 2 heterocycles. The first kappa shape index (κ1) is 23.3. The Hall–Kier alpha value is -3.49. The standard InChI is InChI=1S/C26H26N4O5/c1-33-20-8-6-17(7-9-20)21-16-22(25(32)10-12-26(13-11-25)34-14-15-35-26)28-23(21)18-2-4-19(5-3-18)24(31)29-30-27/h2-9,32H,10-16H2,1H3. The number of rotatable bonds is 5. The smallest absolute Gasteiger partial charge is 0.249 e. The predicted molar refractivity (Wildman–Crippen MR) is 130 cm³/mol. The third-order valence-electron chi connectivity index (χ3n) is 7.05. The fourth-order valence-electron chi connectivity index (χ4n) is 5.02. The minimum Gasteiger partial charge on any atom is -0.497 e. The van der Waals surface area contributed by atoms with E-state index in [9.17, 15) is 9.90 Å². The Bertz CT molecular complexity index is 1230. The number of allylic oxidation sites excluding steroid dienone is 1. The van der Waals surface area contributed by atoms with Gasteiger partial charge in [0.15, 0.2) is 5.79 Å². The Kier molecular flexibility index (Phi) is 6.17. The van der Waals surface area contributed by atoms with Crippen molar-refractivity contribution in [3.05, 3.63) is 75.7 Å². The summed E-state index contributed by atoms with van der Waals surface area (Å²) < 4.78 is 17.0. The Morgan fingerprint density at radius 3 is 2.26 bits per heavy atom. The number of hydrogen-bond acceptors (Lipinski definition) is 6. The molecule has 1 amide bonds. The van der Waals surface area contributed by atoms with Crippen molar-refractivity contribution < 1.29 is 24.1 Å². The number of benzene rings is 2. The molecule has 0 aromatic heterocycles. The molecule has 2 aromatic carbocycles. The van der Waals surface area contributed by atoms with Gasteiger partial charge in [0.25, 0.3) is 0 Å². The first-order valence-electron chi connectivity index (χ1n) is 11.6. The second-order valence-electron chi connectivity index (χ2n) is 9.00. The maximum atomic E-state index is 11.9. The fraction of sp³-hybridized carbons (Fsp3) is 0.385. The Balaban J connectivity index is 1.47. The van der Waals surface area contributed by atoms with Gasteiger partial charge >= 0.3 is 0 Å². The van der Waals surface area contributed by atoms with Crippen LogP contribution in [0.5, 0.6) is 5.75 Å². The van der Waals surface area contributed by atoms with Crippen molar-refractivity contribution in [3.8, 4) is 5.75 Å². The first-order valence-corrected chi connectivity index (χ1v) is 11.6. The van der Waals surface area contributed by atoms with Gasteiger partial charge in [0.05, 0.1) is 31.7 Å². The average Bonchev–Trinajstić information content (AvgIpc) is 3.55. The lowest BCUT2D eigenvalue weighted by molar-refractivity contribution is -0.193. The Morgan fingerprint density at radius 2 is 1.66 bits per heavy atom. The summed E-state index contributed by atoms with van der Waals surface area (Å²) in [5.74, 6) is -0.459. The van der Waals surface area contributed by atoms with Crippen LogP contribution in [0.15, 0.2) is 58.6 Å². The number of amides is 1. The molecule has 5 rings (SSSR count). The van der Waals surface area contributed by atoms with Crippen LogP contribution in [0.1, 0.15) is 53.6 Å². The molecule has 1 spiro atoms. The minimum absolute atomic E-state index is 0.299. The molecular formula is C26H26N4O5. The number of aliphatic hydroxyl groups is 1. The number of carbonyl (C=O) groups is 1. The number of methoxy groups -OCH3 is 1. The molecule has 0 bridgehead atoms. The van der Waals surface area contributed by atoms with E-state index in [1.807, 2.05) is 24.3 Å². The highest BCUT2D eigenvalue weighted by molar-refractivity contribution is 6.13. The summed E-state index contributed by atoms with van der Waals surface area (Å²) in [4.78, 5) is 19.4. The minimum atomic E-state index is -1.04. The van der Waals surface area contributed by atoms with E-state index in [1.165, 1.54) is 0 Å². The SMILES string of the molecule is COc1ccc(C2=C(c3ccc(C(=O)N=[N+]=[N-])cc3)N=C(C3(O)CCC4(CC3)OCCO4)C2)cc1. The van der Waals surface area contributed by atoms with Gasteiger partial charge in [0.2, 0.25) is 5.91 Å².